The Morgan fingerprint density at radius 1 is 1.09 bits per heavy atom. The molecule has 32 heavy (non-hydrogen) atoms. The van der Waals surface area contributed by atoms with Gasteiger partial charge in [0.05, 0.1) is 12.2 Å². The predicted molar refractivity (Wildman–Crippen MR) is 123 cm³/mol. The molecule has 5 heteroatoms. The molecule has 0 unspecified atom stereocenters. The van der Waals surface area contributed by atoms with E-state index in [9.17, 15) is 14.4 Å². The van der Waals surface area contributed by atoms with E-state index in [1.165, 1.54) is 5.56 Å². The minimum absolute atomic E-state index is 0.175. The number of unbranched alkanes of at least 4 members (excludes halogenated alkanes) is 1. The quantitative estimate of drug-likeness (QED) is 0.409. The number of esters is 1. The number of halogens is 1. The van der Waals surface area contributed by atoms with E-state index in [1.807, 2.05) is 32.0 Å². The van der Waals surface area contributed by atoms with Gasteiger partial charge in [0.15, 0.2) is 6.17 Å². The van der Waals surface area contributed by atoms with Gasteiger partial charge < -0.3 is 9.47 Å². The highest BCUT2D eigenvalue weighted by Gasteiger charge is 2.27. The largest absolute Gasteiger partial charge is 0.492 e. The molecule has 0 N–H and O–H groups in total. The molecule has 3 rings (SSSR count). The fourth-order valence-corrected chi connectivity index (χ4v) is 4.28. The van der Waals surface area contributed by atoms with E-state index < -0.39 is 12.1 Å². The van der Waals surface area contributed by atoms with E-state index >= 15 is 0 Å². The van der Waals surface area contributed by atoms with Crippen LogP contribution in [0.1, 0.15) is 75.8 Å². The molecule has 2 aromatic carbocycles. The average Bonchev–Trinajstić information content (AvgIpc) is 2.83. The van der Waals surface area contributed by atoms with E-state index in [-0.39, 0.29) is 12.5 Å². The topological polar surface area (TPSA) is 59.3 Å². The van der Waals surface area contributed by atoms with Crippen molar-refractivity contribution in [1.82, 2.24) is 0 Å². The molecular formula is C27H32FNO3. The maximum Gasteiger partial charge on any atom is 0.340 e. The van der Waals surface area contributed by atoms with Gasteiger partial charge in [-0.2, -0.15) is 5.26 Å². The van der Waals surface area contributed by atoms with Crippen LogP contribution >= 0.6 is 0 Å². The summed E-state index contributed by atoms with van der Waals surface area (Å²) in [5.41, 5.74) is 3.83. The summed E-state index contributed by atoms with van der Waals surface area (Å²) >= 11 is 0. The Kier molecular flexibility index (Phi) is 8.67. The molecule has 170 valence electrons. The molecule has 1 atom stereocenters. The summed E-state index contributed by atoms with van der Waals surface area (Å²) in [5, 5.41) is 9.39. The minimum Gasteiger partial charge on any atom is -0.492 e. The molecule has 0 saturated heterocycles. The second-order valence-corrected chi connectivity index (χ2v) is 8.40. The minimum atomic E-state index is -1.50. The van der Waals surface area contributed by atoms with E-state index in [2.05, 4.69) is 30.3 Å². The maximum absolute atomic E-state index is 13.9. The summed E-state index contributed by atoms with van der Waals surface area (Å²) in [6.07, 6.45) is 3.53. The first-order chi connectivity index (χ1) is 15.5. The van der Waals surface area contributed by atoms with Gasteiger partial charge in [0.1, 0.15) is 17.9 Å². The lowest BCUT2D eigenvalue weighted by Gasteiger charge is -2.29. The second kappa shape index (κ2) is 11.7. The van der Waals surface area contributed by atoms with Crippen molar-refractivity contribution in [2.75, 3.05) is 6.61 Å². The van der Waals surface area contributed by atoms with Crippen LogP contribution in [0.2, 0.25) is 0 Å². The lowest BCUT2D eigenvalue weighted by atomic mass is 9.82. The Morgan fingerprint density at radius 3 is 2.41 bits per heavy atom. The summed E-state index contributed by atoms with van der Waals surface area (Å²) in [7, 11) is 0. The van der Waals surface area contributed by atoms with Crippen molar-refractivity contribution in [2.45, 2.75) is 77.0 Å². The number of ether oxygens (including phenoxy) is 2. The van der Waals surface area contributed by atoms with Crippen molar-refractivity contribution < 1.29 is 18.7 Å². The van der Waals surface area contributed by atoms with Crippen molar-refractivity contribution >= 4 is 5.97 Å². The molecular weight excluding hydrogens is 405 g/mol. The summed E-state index contributed by atoms with van der Waals surface area (Å²) < 4.78 is 24.8. The van der Waals surface area contributed by atoms with Crippen LogP contribution in [0, 0.1) is 11.3 Å². The third kappa shape index (κ3) is 6.09. The monoisotopic (exact) mass is 437 g/mol. The van der Waals surface area contributed by atoms with Crippen LogP contribution in [0.5, 0.6) is 5.75 Å². The molecule has 0 radical (unpaired) electrons. The third-order valence-electron chi connectivity index (χ3n) is 6.14. The molecule has 0 spiro atoms. The van der Waals surface area contributed by atoms with E-state index in [0.717, 1.165) is 43.2 Å². The van der Waals surface area contributed by atoms with E-state index in [1.54, 1.807) is 0 Å². The summed E-state index contributed by atoms with van der Waals surface area (Å²) in [5.74, 6) is 0.325. The average molecular weight is 438 g/mol. The SMILES string of the molecule is CCCC[C@H](F)C(=O)OC1CCC(c2ccc(-c3ccc(OCC)c(C#N)c3)cc2)CC1. The number of benzene rings is 2. The smallest absolute Gasteiger partial charge is 0.340 e. The molecule has 1 aliphatic rings. The fourth-order valence-electron chi connectivity index (χ4n) is 4.28. The molecule has 1 aliphatic carbocycles. The standard InChI is InChI=1S/C27H32FNO3/c1-3-5-6-25(28)27(30)32-24-14-11-20(12-15-24)19-7-9-21(10-8-19)22-13-16-26(31-4-2)23(17-22)18-29/h7-10,13,16-17,20,24-25H,3-6,11-12,14-15H2,1-2H3/t20?,24?,25-/m0/s1. The molecule has 2 aromatic rings. The van der Waals surface area contributed by atoms with Gasteiger partial charge in [-0.05, 0) is 73.8 Å². The second-order valence-electron chi connectivity index (χ2n) is 8.40. The summed E-state index contributed by atoms with van der Waals surface area (Å²) in [6.45, 7) is 4.40. The zero-order valence-corrected chi connectivity index (χ0v) is 19.0. The van der Waals surface area contributed by atoms with Crippen LogP contribution in [0.4, 0.5) is 4.39 Å². The van der Waals surface area contributed by atoms with Crippen molar-refractivity contribution in [3.63, 3.8) is 0 Å². The normalized spacial score (nSPS) is 19.1. The number of nitrogens with zero attached hydrogens (tertiary/aromatic N) is 1. The molecule has 0 amide bonds. The Labute approximate surface area is 190 Å². The van der Waals surface area contributed by atoms with Crippen LogP contribution in [0.3, 0.4) is 0 Å². The van der Waals surface area contributed by atoms with Crippen LogP contribution in [0.15, 0.2) is 42.5 Å². The third-order valence-corrected chi connectivity index (χ3v) is 6.14. The van der Waals surface area contributed by atoms with Crippen LogP contribution in [0.25, 0.3) is 11.1 Å². The summed E-state index contributed by atoms with van der Waals surface area (Å²) in [6, 6.07) is 16.3. The highest BCUT2D eigenvalue weighted by Crippen LogP contribution is 2.35. The highest BCUT2D eigenvalue weighted by molar-refractivity contribution is 5.74. The number of hydrogen-bond acceptors (Lipinski definition) is 4. The van der Waals surface area contributed by atoms with E-state index in [0.29, 0.717) is 30.3 Å². The number of rotatable bonds is 9. The molecule has 0 bridgehead atoms. The maximum atomic E-state index is 13.9. The first-order valence-electron chi connectivity index (χ1n) is 11.7. The molecule has 0 aromatic heterocycles. The number of nitriles is 1. The zero-order chi connectivity index (χ0) is 22.9. The molecule has 0 aliphatic heterocycles. The van der Waals surface area contributed by atoms with Gasteiger partial charge in [0.2, 0.25) is 0 Å². The molecule has 0 heterocycles. The molecule has 4 nitrogen and oxygen atoms in total. The van der Waals surface area contributed by atoms with Crippen molar-refractivity contribution in [3.05, 3.63) is 53.6 Å². The van der Waals surface area contributed by atoms with Gasteiger partial charge in [0, 0.05) is 0 Å². The number of hydrogen-bond donors (Lipinski definition) is 0. The van der Waals surface area contributed by atoms with E-state index in [4.69, 9.17) is 9.47 Å². The van der Waals surface area contributed by atoms with Crippen LogP contribution < -0.4 is 4.74 Å². The van der Waals surface area contributed by atoms with Gasteiger partial charge in [-0.1, -0.05) is 50.1 Å². The number of carbonyl (C=O) groups excluding carboxylic acids is 1. The zero-order valence-electron chi connectivity index (χ0n) is 19.0. The Balaban J connectivity index is 1.56. The molecule has 1 saturated carbocycles. The van der Waals surface area contributed by atoms with Gasteiger partial charge in [-0.25, -0.2) is 9.18 Å². The van der Waals surface area contributed by atoms with Gasteiger partial charge in [-0.3, -0.25) is 0 Å². The Morgan fingerprint density at radius 2 is 1.78 bits per heavy atom. The van der Waals surface area contributed by atoms with Crippen molar-refractivity contribution in [2.24, 2.45) is 0 Å². The van der Waals surface area contributed by atoms with Crippen LogP contribution in [-0.4, -0.2) is 24.9 Å². The number of carbonyl (C=O) groups is 1. The van der Waals surface area contributed by atoms with Gasteiger partial charge in [-0.15, -0.1) is 0 Å². The predicted octanol–water partition coefficient (Wildman–Crippen LogP) is 6.72. The molecule has 1 fully saturated rings. The lowest BCUT2D eigenvalue weighted by molar-refractivity contribution is -0.157. The van der Waals surface area contributed by atoms with Crippen molar-refractivity contribution in [1.29, 1.82) is 5.26 Å². The highest BCUT2D eigenvalue weighted by atomic mass is 19.1. The Hall–Kier alpha value is -2.87. The Bertz CT molecular complexity index is 927. The number of alkyl halides is 1. The van der Waals surface area contributed by atoms with Gasteiger partial charge in [0.25, 0.3) is 0 Å². The van der Waals surface area contributed by atoms with Gasteiger partial charge >= 0.3 is 5.97 Å². The van der Waals surface area contributed by atoms with Crippen LogP contribution in [-0.2, 0) is 9.53 Å². The first-order valence-corrected chi connectivity index (χ1v) is 11.7. The van der Waals surface area contributed by atoms with Crippen molar-refractivity contribution in [3.8, 4) is 22.9 Å². The first kappa shape index (κ1) is 23.8. The fraction of sp³-hybridized carbons (Fsp3) is 0.481. The lowest BCUT2D eigenvalue weighted by Crippen LogP contribution is -2.28. The summed E-state index contributed by atoms with van der Waals surface area (Å²) in [4.78, 5) is 11.9.